The second kappa shape index (κ2) is 7.42. The van der Waals surface area contributed by atoms with Crippen LogP contribution >= 0.6 is 35.6 Å². The zero-order valence-corrected chi connectivity index (χ0v) is 17.1. The Balaban J connectivity index is 1.84. The van der Waals surface area contributed by atoms with E-state index in [1.54, 1.807) is 25.6 Å². The second-order valence-electron chi connectivity index (χ2n) is 5.87. The van der Waals surface area contributed by atoms with Crippen molar-refractivity contribution in [1.29, 1.82) is 0 Å². The fourth-order valence-corrected chi connectivity index (χ4v) is 4.64. The van der Waals surface area contributed by atoms with Crippen molar-refractivity contribution in [3.8, 4) is 22.8 Å². The number of hydrogen-bond acceptors (Lipinski definition) is 6. The van der Waals surface area contributed by atoms with E-state index in [1.807, 2.05) is 46.9 Å². The number of hydrogen-bond donors (Lipinski definition) is 1. The van der Waals surface area contributed by atoms with E-state index >= 15 is 0 Å². The Labute approximate surface area is 170 Å². The van der Waals surface area contributed by atoms with E-state index in [4.69, 9.17) is 21.1 Å². The standard InChI is InChI=1S/C19H16ClN3O2S2/c1-24-14-7-6-11(8-15(14)25-2)9-16-17(12-4-3-5-13(20)10-12)23-18(26)21-22-19(23)27-16/h3-8,10H,9H2,1-2H3,(H,21,26). The van der Waals surface area contributed by atoms with Gasteiger partial charge >= 0.3 is 0 Å². The minimum absolute atomic E-state index is 0.551. The molecule has 8 heteroatoms. The zero-order chi connectivity index (χ0) is 19.0. The number of methoxy groups -OCH3 is 2. The molecule has 2 aromatic heterocycles. The van der Waals surface area contributed by atoms with Gasteiger partial charge in [-0.05, 0) is 29.8 Å². The van der Waals surface area contributed by atoms with Crippen LogP contribution in [0, 0.1) is 0 Å². The van der Waals surface area contributed by atoms with Crippen molar-refractivity contribution in [3.05, 3.63) is 57.9 Å². The zero-order valence-electron chi connectivity index (χ0n) is 14.6. The molecule has 0 amide bonds. The molecule has 0 bridgehead atoms. The summed E-state index contributed by atoms with van der Waals surface area (Å²) >= 11 is 12.3. The number of fused-ring (bicyclic) bond motifs is 1. The predicted molar refractivity (Wildman–Crippen MR) is 111 cm³/mol. The van der Waals surface area contributed by atoms with Gasteiger partial charge in [0.25, 0.3) is 0 Å². The highest BCUT2D eigenvalue weighted by Gasteiger charge is 2.19. The average Bonchev–Trinajstić information content (AvgIpc) is 3.20. The number of halogens is 1. The van der Waals surface area contributed by atoms with Crippen LogP contribution in [0.1, 0.15) is 10.4 Å². The molecule has 0 spiro atoms. The highest BCUT2D eigenvalue weighted by molar-refractivity contribution is 7.80. The quantitative estimate of drug-likeness (QED) is 0.464. The van der Waals surface area contributed by atoms with E-state index in [2.05, 4.69) is 22.8 Å². The van der Waals surface area contributed by atoms with Gasteiger partial charge in [0.2, 0.25) is 4.96 Å². The van der Waals surface area contributed by atoms with Crippen LogP contribution in [0.25, 0.3) is 16.2 Å². The van der Waals surface area contributed by atoms with Crippen LogP contribution in [-0.4, -0.2) is 28.8 Å². The second-order valence-corrected chi connectivity index (χ2v) is 7.77. The van der Waals surface area contributed by atoms with E-state index in [-0.39, 0.29) is 0 Å². The number of rotatable bonds is 5. The molecular formula is C19H16ClN3O2S2. The van der Waals surface area contributed by atoms with Gasteiger partial charge in [-0.2, -0.15) is 0 Å². The first-order valence-corrected chi connectivity index (χ1v) is 9.77. The minimum Gasteiger partial charge on any atom is -0.493 e. The van der Waals surface area contributed by atoms with Crippen LogP contribution in [0.15, 0.2) is 47.6 Å². The minimum atomic E-state index is 0.551. The summed E-state index contributed by atoms with van der Waals surface area (Å²) in [5, 5.41) is 9.54. The molecule has 0 aliphatic rings. The predicted octanol–water partition coefficient (Wildman–Crippen LogP) is 5.01. The third-order valence-corrected chi connectivity index (χ3v) is 5.78. The SMILES string of the molecule is COc1ccc(Cc2sc3nnc(S)n3c2-c2cccc(Cl)c2)cc1OC. The van der Waals surface area contributed by atoms with Crippen molar-refractivity contribution in [2.24, 2.45) is 0 Å². The Kier molecular flexibility index (Phi) is 4.99. The Hall–Kier alpha value is -2.22. The molecule has 4 aromatic rings. The Bertz CT molecular complexity index is 1120. The Morgan fingerprint density at radius 1 is 1.07 bits per heavy atom. The lowest BCUT2D eigenvalue weighted by Crippen LogP contribution is -1.95. The van der Waals surface area contributed by atoms with E-state index in [1.165, 1.54) is 0 Å². The molecule has 0 atom stereocenters. The summed E-state index contributed by atoms with van der Waals surface area (Å²) in [6.45, 7) is 0. The monoisotopic (exact) mass is 417 g/mol. The molecule has 0 fully saturated rings. The molecule has 2 heterocycles. The van der Waals surface area contributed by atoms with Gasteiger partial charge in [0.1, 0.15) is 0 Å². The first-order chi connectivity index (χ1) is 13.1. The van der Waals surface area contributed by atoms with Gasteiger partial charge in [0.15, 0.2) is 16.7 Å². The van der Waals surface area contributed by atoms with E-state index in [0.717, 1.165) is 26.7 Å². The molecule has 0 aliphatic heterocycles. The van der Waals surface area contributed by atoms with Gasteiger partial charge in [0.05, 0.1) is 19.9 Å². The normalized spacial score (nSPS) is 11.1. The van der Waals surface area contributed by atoms with Gasteiger partial charge in [-0.25, -0.2) is 0 Å². The van der Waals surface area contributed by atoms with Crippen LogP contribution in [0.2, 0.25) is 5.02 Å². The van der Waals surface area contributed by atoms with Crippen LogP contribution in [-0.2, 0) is 6.42 Å². The topological polar surface area (TPSA) is 48.7 Å². The number of benzene rings is 2. The number of thiol groups is 1. The highest BCUT2D eigenvalue weighted by atomic mass is 35.5. The van der Waals surface area contributed by atoms with E-state index in [9.17, 15) is 0 Å². The van der Waals surface area contributed by atoms with Crippen molar-refractivity contribution >= 4 is 40.5 Å². The van der Waals surface area contributed by atoms with Crippen molar-refractivity contribution in [2.75, 3.05) is 14.2 Å². The van der Waals surface area contributed by atoms with Gasteiger partial charge in [-0.15, -0.1) is 22.8 Å². The van der Waals surface area contributed by atoms with Gasteiger partial charge < -0.3 is 9.47 Å². The van der Waals surface area contributed by atoms with E-state index < -0.39 is 0 Å². The first-order valence-electron chi connectivity index (χ1n) is 8.13. The molecule has 2 aromatic carbocycles. The lowest BCUT2D eigenvalue weighted by Gasteiger charge is -2.10. The molecule has 0 saturated carbocycles. The molecule has 0 aliphatic carbocycles. The highest BCUT2D eigenvalue weighted by Crippen LogP contribution is 2.36. The smallest absolute Gasteiger partial charge is 0.217 e. The number of ether oxygens (including phenoxy) is 2. The van der Waals surface area contributed by atoms with Crippen LogP contribution in [0.5, 0.6) is 11.5 Å². The van der Waals surface area contributed by atoms with Crippen molar-refractivity contribution in [3.63, 3.8) is 0 Å². The number of thiazole rings is 1. The summed E-state index contributed by atoms with van der Waals surface area (Å²) in [5.74, 6) is 1.41. The Morgan fingerprint density at radius 3 is 2.63 bits per heavy atom. The summed E-state index contributed by atoms with van der Waals surface area (Å²) in [6, 6.07) is 13.7. The maximum absolute atomic E-state index is 6.23. The summed E-state index contributed by atoms with van der Waals surface area (Å²) in [5.41, 5.74) is 3.11. The van der Waals surface area contributed by atoms with Crippen LogP contribution < -0.4 is 9.47 Å². The van der Waals surface area contributed by atoms with Gasteiger partial charge in [-0.1, -0.05) is 41.1 Å². The first kappa shape index (κ1) is 18.2. The van der Waals surface area contributed by atoms with Crippen LogP contribution in [0.4, 0.5) is 0 Å². The molecule has 0 N–H and O–H groups in total. The maximum Gasteiger partial charge on any atom is 0.217 e. The van der Waals surface area contributed by atoms with Crippen molar-refractivity contribution < 1.29 is 9.47 Å². The molecule has 0 saturated heterocycles. The third-order valence-electron chi connectivity index (χ3n) is 4.23. The molecule has 0 radical (unpaired) electrons. The fourth-order valence-electron chi connectivity index (χ4n) is 3.03. The molecule has 138 valence electrons. The number of nitrogens with zero attached hydrogens (tertiary/aromatic N) is 3. The van der Waals surface area contributed by atoms with Gasteiger partial charge in [-0.3, -0.25) is 4.40 Å². The molecule has 0 unspecified atom stereocenters. The van der Waals surface area contributed by atoms with Crippen molar-refractivity contribution in [2.45, 2.75) is 11.6 Å². The van der Waals surface area contributed by atoms with Crippen LogP contribution in [0.3, 0.4) is 0 Å². The van der Waals surface area contributed by atoms with Gasteiger partial charge in [0, 0.05) is 21.9 Å². The Morgan fingerprint density at radius 2 is 1.89 bits per heavy atom. The summed E-state index contributed by atoms with van der Waals surface area (Å²) in [6.07, 6.45) is 0.712. The third kappa shape index (κ3) is 3.38. The average molecular weight is 418 g/mol. The van der Waals surface area contributed by atoms with Crippen molar-refractivity contribution in [1.82, 2.24) is 14.6 Å². The lowest BCUT2D eigenvalue weighted by molar-refractivity contribution is 0.354. The fraction of sp³-hybridized carbons (Fsp3) is 0.158. The number of aromatic nitrogens is 3. The van der Waals surface area contributed by atoms with E-state index in [0.29, 0.717) is 28.1 Å². The largest absolute Gasteiger partial charge is 0.493 e. The summed E-state index contributed by atoms with van der Waals surface area (Å²) < 4.78 is 12.7. The summed E-state index contributed by atoms with van der Waals surface area (Å²) in [4.78, 5) is 1.94. The lowest BCUT2D eigenvalue weighted by atomic mass is 10.1. The molecule has 5 nitrogen and oxygen atoms in total. The molecule has 27 heavy (non-hydrogen) atoms. The molecular weight excluding hydrogens is 402 g/mol. The maximum atomic E-state index is 6.23. The molecule has 4 rings (SSSR count). The summed E-state index contributed by atoms with van der Waals surface area (Å²) in [7, 11) is 3.27.